The molecule has 0 atom stereocenters. The van der Waals surface area contributed by atoms with Crippen molar-refractivity contribution in [2.45, 2.75) is 30.8 Å². The highest BCUT2D eigenvalue weighted by Gasteiger charge is 2.46. The Balaban J connectivity index is 1.85. The van der Waals surface area contributed by atoms with Crippen LogP contribution in [0.3, 0.4) is 0 Å². The third-order valence-electron chi connectivity index (χ3n) is 4.02. The number of thioether (sulfide) groups is 1. The highest BCUT2D eigenvalue weighted by molar-refractivity contribution is 8.00. The fourth-order valence-corrected chi connectivity index (χ4v) is 3.13. The second-order valence-electron chi connectivity index (χ2n) is 5.49. The van der Waals surface area contributed by atoms with Gasteiger partial charge in [0.1, 0.15) is 6.10 Å². The molecule has 4 nitrogen and oxygen atoms in total. The van der Waals surface area contributed by atoms with E-state index in [1.807, 2.05) is 30.0 Å². The topological polar surface area (TPSA) is 55.8 Å². The molecule has 0 amide bonds. The molecule has 108 valence electrons. The van der Waals surface area contributed by atoms with Crippen LogP contribution < -0.4 is 9.47 Å². The van der Waals surface area contributed by atoms with E-state index < -0.39 is 5.97 Å². The van der Waals surface area contributed by atoms with Crippen molar-refractivity contribution in [1.29, 1.82) is 0 Å². The number of hydrogen-bond acceptors (Lipinski definition) is 4. The van der Waals surface area contributed by atoms with Crippen molar-refractivity contribution in [1.82, 2.24) is 0 Å². The predicted molar refractivity (Wildman–Crippen MR) is 77.9 cm³/mol. The molecule has 1 aliphatic heterocycles. The number of carbonyl (C=O) groups is 1. The predicted octanol–water partition coefficient (Wildman–Crippen LogP) is 2.70. The zero-order valence-corrected chi connectivity index (χ0v) is 12.2. The molecule has 3 rings (SSSR count). The molecule has 1 aromatic carbocycles. The van der Waals surface area contributed by atoms with Crippen molar-refractivity contribution in [2.75, 3.05) is 18.6 Å². The minimum absolute atomic E-state index is 0.190. The van der Waals surface area contributed by atoms with E-state index in [1.54, 1.807) is 7.11 Å². The number of benzene rings is 1. The van der Waals surface area contributed by atoms with Gasteiger partial charge in [-0.25, -0.2) is 0 Å². The summed E-state index contributed by atoms with van der Waals surface area (Å²) in [4.78, 5) is 11.0. The molecule has 0 spiro atoms. The van der Waals surface area contributed by atoms with E-state index in [4.69, 9.17) is 14.6 Å². The number of ether oxygens (including phenoxy) is 2. The SMILES string of the molecule is COc1ccc(C2(CC(=O)O)CC2)cc1OC1CSC1. The van der Waals surface area contributed by atoms with Gasteiger partial charge in [-0.05, 0) is 30.5 Å². The van der Waals surface area contributed by atoms with E-state index in [2.05, 4.69) is 0 Å². The lowest BCUT2D eigenvalue weighted by Gasteiger charge is -2.27. The summed E-state index contributed by atoms with van der Waals surface area (Å²) in [5, 5.41) is 9.05. The van der Waals surface area contributed by atoms with Crippen LogP contribution in [0.2, 0.25) is 0 Å². The quantitative estimate of drug-likeness (QED) is 0.874. The van der Waals surface area contributed by atoms with Gasteiger partial charge in [0.15, 0.2) is 11.5 Å². The Morgan fingerprint density at radius 2 is 2.15 bits per heavy atom. The van der Waals surface area contributed by atoms with Crippen LogP contribution in [0, 0.1) is 0 Å². The van der Waals surface area contributed by atoms with Gasteiger partial charge in [0.2, 0.25) is 0 Å². The van der Waals surface area contributed by atoms with E-state index >= 15 is 0 Å². The van der Waals surface area contributed by atoms with Crippen LogP contribution in [-0.2, 0) is 10.2 Å². The molecule has 0 aromatic heterocycles. The first-order valence-electron chi connectivity index (χ1n) is 6.78. The molecule has 1 N–H and O–H groups in total. The molecule has 1 aliphatic carbocycles. The molecule has 2 fully saturated rings. The highest BCUT2D eigenvalue weighted by atomic mass is 32.2. The van der Waals surface area contributed by atoms with E-state index in [0.29, 0.717) is 0 Å². The highest BCUT2D eigenvalue weighted by Crippen LogP contribution is 2.52. The minimum Gasteiger partial charge on any atom is -0.493 e. The molecular formula is C15H18O4S. The van der Waals surface area contributed by atoms with Crippen molar-refractivity contribution >= 4 is 17.7 Å². The summed E-state index contributed by atoms with van der Waals surface area (Å²) in [6.45, 7) is 0. The number of methoxy groups -OCH3 is 1. The second kappa shape index (κ2) is 5.20. The Morgan fingerprint density at radius 1 is 1.40 bits per heavy atom. The van der Waals surface area contributed by atoms with Gasteiger partial charge in [0, 0.05) is 16.9 Å². The number of aliphatic carboxylic acids is 1. The van der Waals surface area contributed by atoms with Gasteiger partial charge in [-0.15, -0.1) is 0 Å². The lowest BCUT2D eigenvalue weighted by molar-refractivity contribution is -0.137. The molecule has 2 aliphatic rings. The first kappa shape index (κ1) is 13.6. The lowest BCUT2D eigenvalue weighted by atomic mass is 9.92. The smallest absolute Gasteiger partial charge is 0.304 e. The van der Waals surface area contributed by atoms with Crippen molar-refractivity contribution in [3.63, 3.8) is 0 Å². The Morgan fingerprint density at radius 3 is 2.65 bits per heavy atom. The van der Waals surface area contributed by atoms with Gasteiger partial charge in [-0.3, -0.25) is 4.79 Å². The monoisotopic (exact) mass is 294 g/mol. The second-order valence-corrected chi connectivity index (χ2v) is 6.57. The molecule has 1 aromatic rings. The van der Waals surface area contributed by atoms with Gasteiger partial charge in [-0.1, -0.05) is 6.07 Å². The van der Waals surface area contributed by atoms with Gasteiger partial charge in [0.05, 0.1) is 13.5 Å². The summed E-state index contributed by atoms with van der Waals surface area (Å²) in [7, 11) is 1.63. The molecule has 1 saturated carbocycles. The van der Waals surface area contributed by atoms with E-state index in [-0.39, 0.29) is 17.9 Å². The van der Waals surface area contributed by atoms with Gasteiger partial charge in [-0.2, -0.15) is 11.8 Å². The van der Waals surface area contributed by atoms with Crippen molar-refractivity contribution in [3.8, 4) is 11.5 Å². The Labute approximate surface area is 122 Å². The minimum atomic E-state index is -0.740. The van der Waals surface area contributed by atoms with E-state index in [1.165, 1.54) is 0 Å². The number of rotatable bonds is 6. The Bertz CT molecular complexity index is 521. The number of hydrogen-bond donors (Lipinski definition) is 1. The number of carboxylic acid groups (broad SMARTS) is 1. The Hall–Kier alpha value is -1.36. The first-order chi connectivity index (χ1) is 9.63. The summed E-state index contributed by atoms with van der Waals surface area (Å²) in [5.74, 6) is 2.74. The molecule has 20 heavy (non-hydrogen) atoms. The van der Waals surface area contributed by atoms with Crippen LogP contribution in [0.1, 0.15) is 24.8 Å². The maximum atomic E-state index is 11.0. The van der Waals surface area contributed by atoms with Crippen molar-refractivity contribution < 1.29 is 19.4 Å². The summed E-state index contributed by atoms with van der Waals surface area (Å²) in [6, 6.07) is 5.83. The van der Waals surface area contributed by atoms with E-state index in [9.17, 15) is 4.79 Å². The van der Waals surface area contributed by atoms with Crippen molar-refractivity contribution in [3.05, 3.63) is 23.8 Å². The van der Waals surface area contributed by atoms with Crippen LogP contribution in [0.15, 0.2) is 18.2 Å². The zero-order valence-electron chi connectivity index (χ0n) is 11.4. The molecule has 1 saturated heterocycles. The fourth-order valence-electron chi connectivity index (χ4n) is 2.57. The van der Waals surface area contributed by atoms with Crippen molar-refractivity contribution in [2.24, 2.45) is 0 Å². The largest absolute Gasteiger partial charge is 0.493 e. The third-order valence-corrected chi connectivity index (χ3v) is 5.24. The maximum Gasteiger partial charge on any atom is 0.304 e. The summed E-state index contributed by atoms with van der Waals surface area (Å²) in [6.07, 6.45) is 2.31. The van der Waals surface area contributed by atoms with Gasteiger partial charge in [0.25, 0.3) is 0 Å². The molecular weight excluding hydrogens is 276 g/mol. The average molecular weight is 294 g/mol. The van der Waals surface area contributed by atoms with E-state index in [0.717, 1.165) is 41.4 Å². The average Bonchev–Trinajstić information content (AvgIpc) is 3.13. The summed E-state index contributed by atoms with van der Waals surface area (Å²) in [5.41, 5.74) is 0.868. The fraction of sp³-hybridized carbons (Fsp3) is 0.533. The van der Waals surface area contributed by atoms with Crippen LogP contribution in [0.5, 0.6) is 11.5 Å². The molecule has 1 heterocycles. The summed E-state index contributed by atoms with van der Waals surface area (Å²) >= 11 is 1.86. The zero-order chi connectivity index (χ0) is 14.2. The van der Waals surface area contributed by atoms with Gasteiger partial charge >= 0.3 is 5.97 Å². The molecule has 0 bridgehead atoms. The standard InChI is InChI=1S/C15H18O4S/c1-18-12-3-2-10(15(4-5-15)7-14(16)17)6-13(12)19-11-8-20-9-11/h2-3,6,11H,4-5,7-9H2,1H3,(H,16,17). The molecule has 0 unspecified atom stereocenters. The normalized spacial score (nSPS) is 20.1. The van der Waals surface area contributed by atoms with Crippen LogP contribution in [-0.4, -0.2) is 35.8 Å². The maximum absolute atomic E-state index is 11.0. The van der Waals surface area contributed by atoms with Crippen LogP contribution in [0.4, 0.5) is 0 Å². The molecule has 0 radical (unpaired) electrons. The molecule has 5 heteroatoms. The Kier molecular flexibility index (Phi) is 3.54. The third kappa shape index (κ3) is 2.59. The number of carboxylic acids is 1. The lowest BCUT2D eigenvalue weighted by Crippen LogP contribution is -2.31. The summed E-state index contributed by atoms with van der Waals surface area (Å²) < 4.78 is 11.3. The van der Waals surface area contributed by atoms with Gasteiger partial charge < -0.3 is 14.6 Å². The van der Waals surface area contributed by atoms with Crippen LogP contribution >= 0.6 is 11.8 Å². The van der Waals surface area contributed by atoms with Crippen LogP contribution in [0.25, 0.3) is 0 Å². The first-order valence-corrected chi connectivity index (χ1v) is 7.93.